The van der Waals surface area contributed by atoms with Crippen molar-refractivity contribution in [1.82, 2.24) is 10.2 Å². The highest BCUT2D eigenvalue weighted by Gasteiger charge is 2.32. The summed E-state index contributed by atoms with van der Waals surface area (Å²) in [5, 5.41) is 3.12. The van der Waals surface area contributed by atoms with E-state index in [-0.39, 0.29) is 42.9 Å². The van der Waals surface area contributed by atoms with E-state index in [2.05, 4.69) is 24.2 Å². The molecule has 2 fully saturated rings. The zero-order valence-electron chi connectivity index (χ0n) is 12.2. The number of halogens is 2. The molecule has 2 rings (SSSR count). The molecule has 2 saturated heterocycles. The molecule has 0 aliphatic carbocycles. The lowest BCUT2D eigenvalue weighted by atomic mass is 9.98. The van der Waals surface area contributed by atoms with Gasteiger partial charge in [-0.15, -0.1) is 24.8 Å². The SMILES string of the molecule is CC1CC(NC(=O)[C@@H]2CC[C@H](CN)O2)CCN1C.Cl.Cl. The average Bonchev–Trinajstić information content (AvgIpc) is 2.82. The second-order valence-corrected chi connectivity index (χ2v) is 5.62. The lowest BCUT2D eigenvalue weighted by Crippen LogP contribution is -2.49. The monoisotopic (exact) mass is 327 g/mol. The maximum absolute atomic E-state index is 12.1. The van der Waals surface area contributed by atoms with Crippen molar-refractivity contribution >= 4 is 30.7 Å². The lowest BCUT2D eigenvalue weighted by molar-refractivity contribution is -0.133. The minimum atomic E-state index is -0.284. The topological polar surface area (TPSA) is 67.6 Å². The number of nitrogens with zero attached hydrogens (tertiary/aromatic N) is 1. The van der Waals surface area contributed by atoms with E-state index in [0.717, 1.165) is 32.2 Å². The van der Waals surface area contributed by atoms with Crippen LogP contribution in [0.1, 0.15) is 32.6 Å². The predicted octanol–water partition coefficient (Wildman–Crippen LogP) is 0.935. The molecule has 20 heavy (non-hydrogen) atoms. The molecule has 120 valence electrons. The molecule has 2 unspecified atom stereocenters. The summed E-state index contributed by atoms with van der Waals surface area (Å²) < 4.78 is 5.61. The van der Waals surface area contributed by atoms with Gasteiger partial charge < -0.3 is 20.7 Å². The van der Waals surface area contributed by atoms with E-state index in [4.69, 9.17) is 10.5 Å². The number of amides is 1. The van der Waals surface area contributed by atoms with Crippen LogP contribution in [0.25, 0.3) is 0 Å². The number of piperidine rings is 1. The Kier molecular flexibility index (Phi) is 9.02. The molecule has 2 aliphatic heterocycles. The zero-order chi connectivity index (χ0) is 13.1. The van der Waals surface area contributed by atoms with Crippen molar-refractivity contribution in [2.45, 2.75) is 56.9 Å². The second kappa shape index (κ2) is 9.05. The molecule has 0 bridgehead atoms. The predicted molar refractivity (Wildman–Crippen MR) is 84.7 cm³/mol. The Morgan fingerprint density at radius 3 is 2.60 bits per heavy atom. The summed E-state index contributed by atoms with van der Waals surface area (Å²) in [6.07, 6.45) is 3.54. The molecule has 3 N–H and O–H groups in total. The summed E-state index contributed by atoms with van der Waals surface area (Å²) >= 11 is 0. The number of hydrogen-bond acceptors (Lipinski definition) is 4. The summed E-state index contributed by atoms with van der Waals surface area (Å²) in [7, 11) is 2.13. The van der Waals surface area contributed by atoms with Crippen LogP contribution in [0, 0.1) is 0 Å². The van der Waals surface area contributed by atoms with Crippen molar-refractivity contribution in [3.05, 3.63) is 0 Å². The first kappa shape index (κ1) is 19.9. The van der Waals surface area contributed by atoms with Gasteiger partial charge in [0.2, 0.25) is 5.91 Å². The van der Waals surface area contributed by atoms with Crippen LogP contribution in [0.2, 0.25) is 0 Å². The van der Waals surface area contributed by atoms with Crippen molar-refractivity contribution in [3.8, 4) is 0 Å². The normalized spacial score (nSPS) is 34.0. The van der Waals surface area contributed by atoms with Crippen LogP contribution in [-0.4, -0.2) is 55.2 Å². The van der Waals surface area contributed by atoms with Gasteiger partial charge in [0.25, 0.3) is 0 Å². The molecule has 0 aromatic heterocycles. The zero-order valence-corrected chi connectivity index (χ0v) is 13.8. The largest absolute Gasteiger partial charge is 0.364 e. The molecule has 0 saturated carbocycles. The van der Waals surface area contributed by atoms with E-state index in [1.54, 1.807) is 0 Å². The minimum absolute atomic E-state index is 0. The Hall–Kier alpha value is -0.0700. The van der Waals surface area contributed by atoms with Gasteiger partial charge in [-0.25, -0.2) is 0 Å². The third kappa shape index (κ3) is 5.04. The highest BCUT2D eigenvalue weighted by atomic mass is 35.5. The first-order valence-electron chi connectivity index (χ1n) is 6.96. The van der Waals surface area contributed by atoms with Gasteiger partial charge in [-0.2, -0.15) is 0 Å². The Labute approximate surface area is 133 Å². The summed E-state index contributed by atoms with van der Waals surface area (Å²) in [5.74, 6) is 0.0488. The molecule has 7 heteroatoms. The van der Waals surface area contributed by atoms with E-state index < -0.39 is 0 Å². The fourth-order valence-electron chi connectivity index (χ4n) is 2.79. The van der Waals surface area contributed by atoms with Gasteiger partial charge in [0, 0.05) is 25.2 Å². The van der Waals surface area contributed by atoms with E-state index in [1.807, 2.05) is 0 Å². The fourth-order valence-corrected chi connectivity index (χ4v) is 2.79. The van der Waals surface area contributed by atoms with Gasteiger partial charge in [-0.1, -0.05) is 0 Å². The van der Waals surface area contributed by atoms with Gasteiger partial charge in [0.05, 0.1) is 6.10 Å². The highest BCUT2D eigenvalue weighted by Crippen LogP contribution is 2.20. The average molecular weight is 328 g/mol. The molecule has 4 atom stereocenters. The molecule has 5 nitrogen and oxygen atoms in total. The van der Waals surface area contributed by atoms with Crippen LogP contribution >= 0.6 is 24.8 Å². The Morgan fingerprint density at radius 2 is 2.05 bits per heavy atom. The molecule has 0 radical (unpaired) electrons. The number of rotatable bonds is 3. The van der Waals surface area contributed by atoms with Crippen LogP contribution < -0.4 is 11.1 Å². The summed E-state index contributed by atoms with van der Waals surface area (Å²) in [5.41, 5.74) is 5.55. The number of nitrogens with one attached hydrogen (secondary N) is 1. The number of nitrogens with two attached hydrogens (primary N) is 1. The third-order valence-corrected chi connectivity index (χ3v) is 4.22. The first-order valence-corrected chi connectivity index (χ1v) is 6.96. The van der Waals surface area contributed by atoms with Crippen LogP contribution in [0.3, 0.4) is 0 Å². The Bertz CT molecular complexity index is 307. The lowest BCUT2D eigenvalue weighted by Gasteiger charge is -2.35. The number of ether oxygens (including phenoxy) is 1. The van der Waals surface area contributed by atoms with Crippen LogP contribution in [-0.2, 0) is 9.53 Å². The van der Waals surface area contributed by atoms with Crippen LogP contribution in [0.5, 0.6) is 0 Å². The third-order valence-electron chi connectivity index (χ3n) is 4.22. The number of carbonyl (C=O) groups is 1. The van der Waals surface area contributed by atoms with Crippen molar-refractivity contribution in [1.29, 1.82) is 0 Å². The quantitative estimate of drug-likeness (QED) is 0.809. The smallest absolute Gasteiger partial charge is 0.249 e. The molecular weight excluding hydrogens is 301 g/mol. The van der Waals surface area contributed by atoms with Crippen LogP contribution in [0.15, 0.2) is 0 Å². The summed E-state index contributed by atoms with van der Waals surface area (Å²) in [4.78, 5) is 14.4. The standard InChI is InChI=1S/C13H25N3O2.2ClH/c1-9-7-10(5-6-16(9)2)15-13(17)12-4-3-11(8-14)18-12;;/h9-12H,3-8,14H2,1-2H3,(H,15,17);2*1H/t9?,10?,11-,12+;;/m1../s1. The summed E-state index contributed by atoms with van der Waals surface area (Å²) in [6, 6.07) is 0.828. The van der Waals surface area contributed by atoms with Crippen molar-refractivity contribution in [3.63, 3.8) is 0 Å². The molecule has 0 aromatic carbocycles. The van der Waals surface area contributed by atoms with E-state index >= 15 is 0 Å². The number of hydrogen-bond donors (Lipinski definition) is 2. The molecule has 2 aliphatic rings. The fraction of sp³-hybridized carbons (Fsp3) is 0.923. The maximum Gasteiger partial charge on any atom is 0.249 e. The van der Waals surface area contributed by atoms with Crippen molar-refractivity contribution in [2.24, 2.45) is 5.73 Å². The van der Waals surface area contributed by atoms with Crippen molar-refractivity contribution < 1.29 is 9.53 Å². The van der Waals surface area contributed by atoms with Gasteiger partial charge in [-0.3, -0.25) is 4.79 Å². The highest BCUT2D eigenvalue weighted by molar-refractivity contribution is 5.85. The number of likely N-dealkylation sites (tertiary alicyclic amines) is 1. The molecule has 1 amide bonds. The second-order valence-electron chi connectivity index (χ2n) is 5.62. The van der Waals surface area contributed by atoms with Gasteiger partial charge >= 0.3 is 0 Å². The molecule has 2 heterocycles. The Morgan fingerprint density at radius 1 is 1.35 bits per heavy atom. The minimum Gasteiger partial charge on any atom is -0.364 e. The number of carbonyl (C=O) groups excluding carboxylic acids is 1. The van der Waals surface area contributed by atoms with Crippen LogP contribution in [0.4, 0.5) is 0 Å². The van der Waals surface area contributed by atoms with Crippen molar-refractivity contribution in [2.75, 3.05) is 20.1 Å². The first-order chi connectivity index (χ1) is 8.60. The summed E-state index contributed by atoms with van der Waals surface area (Å²) in [6.45, 7) is 3.76. The Balaban J connectivity index is 0.00000180. The van der Waals surface area contributed by atoms with E-state index in [0.29, 0.717) is 18.6 Å². The molecule has 0 spiro atoms. The van der Waals surface area contributed by atoms with Gasteiger partial charge in [0.1, 0.15) is 6.10 Å². The maximum atomic E-state index is 12.1. The van der Waals surface area contributed by atoms with Gasteiger partial charge in [-0.05, 0) is 39.7 Å². The van der Waals surface area contributed by atoms with Gasteiger partial charge in [0.15, 0.2) is 0 Å². The molecule has 0 aromatic rings. The van der Waals surface area contributed by atoms with E-state index in [1.165, 1.54) is 0 Å². The molecular formula is C13H27Cl2N3O2. The van der Waals surface area contributed by atoms with E-state index in [9.17, 15) is 4.79 Å².